The van der Waals surface area contributed by atoms with Gasteiger partial charge in [-0.05, 0) is 24.3 Å². The second-order valence-electron chi connectivity index (χ2n) is 4.29. The van der Waals surface area contributed by atoms with Gasteiger partial charge in [-0.3, -0.25) is 4.79 Å². The Kier molecular flexibility index (Phi) is 3.00. The molecule has 2 atom stereocenters. The molecule has 2 rings (SSSR count). The average molecular weight is 200 g/mol. The molecule has 1 aliphatic carbocycles. The summed E-state index contributed by atoms with van der Waals surface area (Å²) in [4.78, 5) is 11.7. The van der Waals surface area contributed by atoms with Crippen molar-refractivity contribution in [2.75, 3.05) is 0 Å². The van der Waals surface area contributed by atoms with E-state index >= 15 is 0 Å². The molecule has 0 saturated heterocycles. The molecule has 0 N–H and O–H groups in total. The number of carbonyl (C=O) groups is 1. The van der Waals surface area contributed by atoms with Crippen LogP contribution in [0.5, 0.6) is 0 Å². The van der Waals surface area contributed by atoms with E-state index in [2.05, 4.69) is 18.7 Å². The lowest BCUT2D eigenvalue weighted by Gasteiger charge is -2.07. The Hall–Kier alpha value is -1.37. The summed E-state index contributed by atoms with van der Waals surface area (Å²) in [6, 6.07) is 10.2. The lowest BCUT2D eigenvalue weighted by Crippen LogP contribution is -2.09. The Morgan fingerprint density at radius 3 is 2.67 bits per heavy atom. The number of hydrogen-bond donors (Lipinski definition) is 0. The summed E-state index contributed by atoms with van der Waals surface area (Å²) >= 11 is 0. The minimum Gasteiger partial charge on any atom is -0.299 e. The van der Waals surface area contributed by atoms with Crippen LogP contribution in [-0.4, -0.2) is 5.78 Å². The van der Waals surface area contributed by atoms with Gasteiger partial charge in [-0.15, -0.1) is 6.58 Å². The average Bonchev–Trinajstić information content (AvgIpc) is 2.61. The van der Waals surface area contributed by atoms with Crippen molar-refractivity contribution >= 4 is 5.78 Å². The van der Waals surface area contributed by atoms with E-state index in [0.717, 1.165) is 12.8 Å². The lowest BCUT2D eigenvalue weighted by molar-refractivity contribution is -0.120. The molecule has 15 heavy (non-hydrogen) atoms. The molecule has 0 heterocycles. The van der Waals surface area contributed by atoms with E-state index in [1.54, 1.807) is 0 Å². The fraction of sp³-hybridized carbons (Fsp3) is 0.357. The van der Waals surface area contributed by atoms with Gasteiger partial charge in [0, 0.05) is 12.3 Å². The van der Waals surface area contributed by atoms with Crippen LogP contribution >= 0.6 is 0 Å². The molecule has 0 amide bonds. The summed E-state index contributed by atoms with van der Waals surface area (Å²) in [6.07, 6.45) is 4.49. The van der Waals surface area contributed by atoms with E-state index in [-0.39, 0.29) is 5.92 Å². The topological polar surface area (TPSA) is 17.1 Å². The maximum absolute atomic E-state index is 11.7. The van der Waals surface area contributed by atoms with E-state index in [1.165, 1.54) is 5.56 Å². The summed E-state index contributed by atoms with van der Waals surface area (Å²) in [5.41, 5.74) is 1.26. The zero-order valence-electron chi connectivity index (χ0n) is 8.86. The molecule has 1 aromatic carbocycles. The first kappa shape index (κ1) is 10.2. The molecule has 78 valence electrons. The lowest BCUT2D eigenvalue weighted by atomic mass is 9.96. The highest BCUT2D eigenvalue weighted by Gasteiger charge is 2.30. The zero-order valence-corrected chi connectivity index (χ0v) is 8.86. The largest absolute Gasteiger partial charge is 0.299 e. The zero-order chi connectivity index (χ0) is 10.7. The summed E-state index contributed by atoms with van der Waals surface area (Å²) in [5.74, 6) is 1.03. The molecule has 0 unspecified atom stereocenters. The minimum absolute atomic E-state index is 0.218. The highest BCUT2D eigenvalue weighted by molar-refractivity contribution is 5.83. The molecule has 1 aromatic rings. The van der Waals surface area contributed by atoms with Gasteiger partial charge in [0.2, 0.25) is 0 Å². The normalized spacial score (nSPS) is 25.5. The third kappa shape index (κ3) is 2.35. The van der Waals surface area contributed by atoms with Gasteiger partial charge in [0.05, 0.1) is 0 Å². The highest BCUT2D eigenvalue weighted by Crippen LogP contribution is 2.30. The molecule has 1 nitrogen and oxygen atoms in total. The van der Waals surface area contributed by atoms with E-state index in [1.807, 2.05) is 24.3 Å². The van der Waals surface area contributed by atoms with Crippen molar-refractivity contribution in [3.63, 3.8) is 0 Å². The van der Waals surface area contributed by atoms with Crippen LogP contribution in [-0.2, 0) is 11.2 Å². The second-order valence-corrected chi connectivity index (χ2v) is 4.29. The fourth-order valence-corrected chi connectivity index (χ4v) is 2.28. The van der Waals surface area contributed by atoms with Crippen molar-refractivity contribution in [2.24, 2.45) is 11.8 Å². The predicted molar refractivity (Wildman–Crippen MR) is 61.6 cm³/mol. The summed E-state index contributed by atoms with van der Waals surface area (Å²) in [6.45, 7) is 3.77. The first-order chi connectivity index (χ1) is 7.29. The van der Waals surface area contributed by atoms with Crippen molar-refractivity contribution in [1.82, 2.24) is 0 Å². The van der Waals surface area contributed by atoms with Gasteiger partial charge in [0.1, 0.15) is 5.78 Å². The van der Waals surface area contributed by atoms with Crippen LogP contribution in [0.15, 0.2) is 43.0 Å². The smallest absolute Gasteiger partial charge is 0.136 e. The minimum atomic E-state index is 0.218. The van der Waals surface area contributed by atoms with Crippen LogP contribution in [0, 0.1) is 11.8 Å². The molecular weight excluding hydrogens is 184 g/mol. The van der Waals surface area contributed by atoms with Gasteiger partial charge >= 0.3 is 0 Å². The Balaban J connectivity index is 2.01. The first-order valence-electron chi connectivity index (χ1n) is 5.49. The predicted octanol–water partition coefficient (Wildman–Crippen LogP) is 3.01. The number of allylic oxidation sites excluding steroid dienone is 1. The maximum Gasteiger partial charge on any atom is 0.136 e. The molecule has 0 bridgehead atoms. The van der Waals surface area contributed by atoms with Gasteiger partial charge in [0.25, 0.3) is 0 Å². The molecule has 0 radical (unpaired) electrons. The standard InChI is InChI=1S/C14H16O/c1-2-11-8-13(14(15)10-11)9-12-6-4-3-5-7-12/h2-7,11,13H,1,8-10H2/t11-,13+/m1/s1. The van der Waals surface area contributed by atoms with Gasteiger partial charge in [-0.2, -0.15) is 0 Å². The number of carbonyl (C=O) groups excluding carboxylic acids is 1. The fourth-order valence-electron chi connectivity index (χ4n) is 2.28. The SMILES string of the molecule is C=C[C@H]1CC(=O)[C@H](Cc2ccccc2)C1. The monoisotopic (exact) mass is 200 g/mol. The number of benzene rings is 1. The Labute approximate surface area is 90.8 Å². The van der Waals surface area contributed by atoms with Crippen LogP contribution in [0.4, 0.5) is 0 Å². The summed E-state index contributed by atoms with van der Waals surface area (Å²) in [7, 11) is 0. The van der Waals surface area contributed by atoms with Gasteiger partial charge in [-0.1, -0.05) is 36.4 Å². The number of ketones is 1. The molecular formula is C14H16O. The van der Waals surface area contributed by atoms with E-state index in [0.29, 0.717) is 18.1 Å². The van der Waals surface area contributed by atoms with Crippen molar-refractivity contribution in [3.8, 4) is 0 Å². The van der Waals surface area contributed by atoms with E-state index < -0.39 is 0 Å². The van der Waals surface area contributed by atoms with Gasteiger partial charge < -0.3 is 0 Å². The van der Waals surface area contributed by atoms with Crippen LogP contribution < -0.4 is 0 Å². The van der Waals surface area contributed by atoms with Crippen molar-refractivity contribution in [3.05, 3.63) is 48.6 Å². The number of hydrogen-bond acceptors (Lipinski definition) is 1. The summed E-state index contributed by atoms with van der Waals surface area (Å²) < 4.78 is 0. The van der Waals surface area contributed by atoms with Gasteiger partial charge in [-0.25, -0.2) is 0 Å². The molecule has 1 saturated carbocycles. The van der Waals surface area contributed by atoms with Crippen molar-refractivity contribution < 1.29 is 4.79 Å². The number of rotatable bonds is 3. The second kappa shape index (κ2) is 4.43. The highest BCUT2D eigenvalue weighted by atomic mass is 16.1. The van der Waals surface area contributed by atoms with Crippen LogP contribution in [0.2, 0.25) is 0 Å². The summed E-state index contributed by atoms with van der Waals surface area (Å²) in [5, 5.41) is 0. The quantitative estimate of drug-likeness (QED) is 0.685. The third-order valence-electron chi connectivity index (χ3n) is 3.16. The molecule has 0 spiro atoms. The Morgan fingerprint density at radius 1 is 1.33 bits per heavy atom. The van der Waals surface area contributed by atoms with Crippen molar-refractivity contribution in [2.45, 2.75) is 19.3 Å². The molecule has 0 aromatic heterocycles. The Bertz CT molecular complexity index is 353. The molecule has 1 fully saturated rings. The van der Waals surface area contributed by atoms with Gasteiger partial charge in [0.15, 0.2) is 0 Å². The number of Topliss-reactive ketones (excluding diaryl/α,β-unsaturated/α-hetero) is 1. The molecule has 0 aliphatic heterocycles. The van der Waals surface area contributed by atoms with E-state index in [9.17, 15) is 4.79 Å². The van der Waals surface area contributed by atoms with Crippen molar-refractivity contribution in [1.29, 1.82) is 0 Å². The molecule has 1 heteroatoms. The van der Waals surface area contributed by atoms with Crippen LogP contribution in [0.1, 0.15) is 18.4 Å². The van der Waals surface area contributed by atoms with Crippen LogP contribution in [0.25, 0.3) is 0 Å². The van der Waals surface area contributed by atoms with Crippen LogP contribution in [0.3, 0.4) is 0 Å². The Morgan fingerprint density at radius 2 is 2.07 bits per heavy atom. The maximum atomic E-state index is 11.7. The first-order valence-corrected chi connectivity index (χ1v) is 5.49. The molecule has 1 aliphatic rings. The third-order valence-corrected chi connectivity index (χ3v) is 3.16. The van der Waals surface area contributed by atoms with E-state index in [4.69, 9.17) is 0 Å².